The van der Waals surface area contributed by atoms with Crippen molar-refractivity contribution < 1.29 is 9.45 Å². The summed E-state index contributed by atoms with van der Waals surface area (Å²) in [6.07, 6.45) is 3.28. The third kappa shape index (κ3) is 5.16. The van der Waals surface area contributed by atoms with Gasteiger partial charge in [-0.05, 0) is 30.7 Å². The maximum atomic E-state index is 12.0. The van der Waals surface area contributed by atoms with E-state index in [0.29, 0.717) is 5.69 Å². The van der Waals surface area contributed by atoms with E-state index in [0.717, 1.165) is 5.46 Å². The van der Waals surface area contributed by atoms with Crippen LogP contribution in [0.15, 0.2) is 18.5 Å². The van der Waals surface area contributed by atoms with Crippen LogP contribution in [0.2, 0.25) is 5.31 Å². The van der Waals surface area contributed by atoms with Gasteiger partial charge in [0.25, 0.3) is 0 Å². The normalized spacial score (nSPS) is 12.9. The van der Waals surface area contributed by atoms with Gasteiger partial charge in [0, 0.05) is 17.2 Å². The van der Waals surface area contributed by atoms with Crippen LogP contribution in [0.25, 0.3) is 0 Å². The minimum absolute atomic E-state index is 0.0595. The highest BCUT2D eigenvalue weighted by Crippen LogP contribution is 2.36. The molecule has 22 heavy (non-hydrogen) atoms. The fourth-order valence-corrected chi connectivity index (χ4v) is 1.28. The molecular formula is C16H25B2N2O2. The Morgan fingerprint density at radius 1 is 1.18 bits per heavy atom. The Bertz CT molecular complexity index is 532. The molecule has 1 aromatic heterocycles. The predicted octanol–water partition coefficient (Wildman–Crippen LogP) is 2.47. The molecule has 3 radical (unpaired) electrons. The van der Waals surface area contributed by atoms with Crippen LogP contribution < -0.4 is 10.8 Å². The van der Waals surface area contributed by atoms with Gasteiger partial charge in [0.2, 0.25) is 5.91 Å². The van der Waals surface area contributed by atoms with Crippen molar-refractivity contribution in [3.05, 3.63) is 18.5 Å². The van der Waals surface area contributed by atoms with Crippen molar-refractivity contribution >= 4 is 32.4 Å². The molecule has 117 valence electrons. The monoisotopic (exact) mass is 299 g/mol. The third-order valence-electron chi connectivity index (χ3n) is 3.74. The summed E-state index contributed by atoms with van der Waals surface area (Å²) >= 11 is 0. The lowest BCUT2D eigenvalue weighted by molar-refractivity contribution is -0.123. The van der Waals surface area contributed by atoms with Crippen molar-refractivity contribution in [2.75, 3.05) is 5.32 Å². The highest BCUT2D eigenvalue weighted by Gasteiger charge is 2.32. The Balaban J connectivity index is 2.76. The Hall–Kier alpha value is -1.29. The molecule has 1 heterocycles. The number of carbonyl (C=O) groups excluding carboxylic acids is 1. The smallest absolute Gasteiger partial charge is 0.332 e. The van der Waals surface area contributed by atoms with Gasteiger partial charge in [-0.1, -0.05) is 34.6 Å². The van der Waals surface area contributed by atoms with Crippen LogP contribution >= 0.6 is 0 Å². The van der Waals surface area contributed by atoms with Gasteiger partial charge in [-0.15, -0.1) is 0 Å². The average Bonchev–Trinajstić information content (AvgIpc) is 2.34. The minimum Gasteiger partial charge on any atom is -0.430 e. The number of carbonyl (C=O) groups is 1. The summed E-state index contributed by atoms with van der Waals surface area (Å²) in [5.41, 5.74) is 0.422. The predicted molar refractivity (Wildman–Crippen MR) is 92.7 cm³/mol. The molecule has 1 rings (SSSR count). The summed E-state index contributed by atoms with van der Waals surface area (Å²) in [7, 11) is 7.72. The standard InChI is InChI=1S/C16H25B2N2O2/c1-14(2,3)13(21)20-12-8-11(9-19-10-12)18-22-16(6,7)15(4,5)17/h8-10H,1-7H3,(H,20,21). The highest BCUT2D eigenvalue weighted by molar-refractivity contribution is 6.47. The second-order valence-corrected chi connectivity index (χ2v) is 7.68. The molecule has 0 aromatic carbocycles. The minimum atomic E-state index is -0.530. The van der Waals surface area contributed by atoms with E-state index in [9.17, 15) is 4.79 Å². The molecule has 0 unspecified atom stereocenters. The van der Waals surface area contributed by atoms with Crippen LogP contribution in [-0.4, -0.2) is 31.8 Å². The van der Waals surface area contributed by atoms with E-state index in [-0.39, 0.29) is 5.91 Å². The van der Waals surface area contributed by atoms with E-state index < -0.39 is 16.3 Å². The zero-order chi connectivity index (χ0) is 17.2. The van der Waals surface area contributed by atoms with E-state index in [4.69, 9.17) is 12.5 Å². The van der Waals surface area contributed by atoms with Crippen molar-refractivity contribution in [2.24, 2.45) is 5.41 Å². The van der Waals surface area contributed by atoms with Gasteiger partial charge in [-0.25, -0.2) is 0 Å². The number of nitrogens with zero attached hydrogens (tertiary/aromatic N) is 1. The molecule has 0 aliphatic heterocycles. The van der Waals surface area contributed by atoms with Gasteiger partial charge in [0.1, 0.15) is 0 Å². The number of amides is 1. The molecule has 1 aromatic rings. The lowest BCUT2D eigenvalue weighted by atomic mass is 9.61. The molecule has 0 atom stereocenters. The zero-order valence-electron chi connectivity index (χ0n) is 14.7. The van der Waals surface area contributed by atoms with Gasteiger partial charge in [0.15, 0.2) is 0 Å². The first kappa shape index (κ1) is 18.8. The second kappa shape index (κ2) is 6.45. The number of pyridine rings is 1. The average molecular weight is 299 g/mol. The summed E-state index contributed by atoms with van der Waals surface area (Å²) in [6, 6.07) is 1.82. The summed E-state index contributed by atoms with van der Waals surface area (Å²) in [4.78, 5) is 16.1. The lowest BCUT2D eigenvalue weighted by Crippen LogP contribution is -2.40. The van der Waals surface area contributed by atoms with Crippen molar-refractivity contribution in [1.82, 2.24) is 4.98 Å². The van der Waals surface area contributed by atoms with E-state index >= 15 is 0 Å². The van der Waals surface area contributed by atoms with Gasteiger partial charge in [-0.3, -0.25) is 9.78 Å². The maximum absolute atomic E-state index is 12.0. The number of hydrogen-bond donors (Lipinski definition) is 1. The van der Waals surface area contributed by atoms with Crippen LogP contribution in [0.3, 0.4) is 0 Å². The number of anilines is 1. The van der Waals surface area contributed by atoms with Gasteiger partial charge < -0.3 is 9.97 Å². The van der Waals surface area contributed by atoms with Crippen LogP contribution in [0.4, 0.5) is 5.69 Å². The first-order valence-corrected chi connectivity index (χ1v) is 7.39. The van der Waals surface area contributed by atoms with Gasteiger partial charge >= 0.3 is 7.48 Å². The van der Waals surface area contributed by atoms with E-state index in [2.05, 4.69) is 10.3 Å². The number of hydrogen-bond acceptors (Lipinski definition) is 3. The number of aromatic nitrogens is 1. The fourth-order valence-electron chi connectivity index (χ4n) is 1.28. The summed E-state index contributed by atoms with van der Waals surface area (Å²) in [5.74, 6) is -0.0595. The highest BCUT2D eigenvalue weighted by atomic mass is 16.5. The lowest BCUT2D eigenvalue weighted by Gasteiger charge is -2.39. The van der Waals surface area contributed by atoms with Crippen LogP contribution in [0.5, 0.6) is 0 Å². The molecular weight excluding hydrogens is 274 g/mol. The Kier molecular flexibility index (Phi) is 5.50. The molecule has 4 nitrogen and oxygen atoms in total. The van der Waals surface area contributed by atoms with Crippen molar-refractivity contribution in [3.63, 3.8) is 0 Å². The first-order chi connectivity index (χ1) is 9.83. The SMILES string of the molecule is [B]C(C)(C)C(C)(C)O[B]c1cncc(NC(=O)C(C)(C)C)c1. The molecule has 1 N–H and O–H groups in total. The molecule has 0 bridgehead atoms. The topological polar surface area (TPSA) is 51.2 Å². The molecule has 0 saturated carbocycles. The third-order valence-corrected chi connectivity index (χ3v) is 3.74. The molecule has 0 fully saturated rings. The Morgan fingerprint density at radius 3 is 2.27 bits per heavy atom. The van der Waals surface area contributed by atoms with E-state index in [1.807, 2.05) is 54.5 Å². The van der Waals surface area contributed by atoms with Crippen LogP contribution in [0.1, 0.15) is 48.5 Å². The van der Waals surface area contributed by atoms with Crippen molar-refractivity contribution in [2.45, 2.75) is 59.4 Å². The van der Waals surface area contributed by atoms with Gasteiger partial charge in [-0.2, -0.15) is 0 Å². The van der Waals surface area contributed by atoms with Crippen LogP contribution in [0, 0.1) is 5.41 Å². The molecule has 0 saturated heterocycles. The Morgan fingerprint density at radius 2 is 1.77 bits per heavy atom. The first-order valence-electron chi connectivity index (χ1n) is 7.39. The van der Waals surface area contributed by atoms with Crippen molar-refractivity contribution in [1.29, 1.82) is 0 Å². The summed E-state index contributed by atoms with van der Waals surface area (Å²) in [6.45, 7) is 13.3. The number of rotatable bonds is 5. The van der Waals surface area contributed by atoms with Crippen molar-refractivity contribution in [3.8, 4) is 0 Å². The summed E-state index contributed by atoms with van der Waals surface area (Å²) in [5, 5.41) is 2.36. The molecule has 0 spiro atoms. The zero-order valence-corrected chi connectivity index (χ0v) is 14.7. The quantitative estimate of drug-likeness (QED) is 0.850. The largest absolute Gasteiger partial charge is 0.430 e. The molecule has 0 aliphatic rings. The van der Waals surface area contributed by atoms with Crippen LogP contribution in [-0.2, 0) is 9.45 Å². The van der Waals surface area contributed by atoms with E-state index in [1.54, 1.807) is 19.9 Å². The second-order valence-electron chi connectivity index (χ2n) is 7.68. The Labute approximate surface area is 136 Å². The summed E-state index contributed by atoms with van der Waals surface area (Å²) < 4.78 is 5.80. The number of nitrogens with one attached hydrogen (secondary N) is 1. The van der Waals surface area contributed by atoms with E-state index in [1.165, 1.54) is 0 Å². The van der Waals surface area contributed by atoms with Gasteiger partial charge in [0.05, 0.1) is 19.7 Å². The molecule has 1 amide bonds. The maximum Gasteiger partial charge on any atom is 0.332 e. The fraction of sp³-hybridized carbons (Fsp3) is 0.625. The molecule has 6 heteroatoms. The molecule has 0 aliphatic carbocycles.